The number of rotatable bonds is 9. The van der Waals surface area contributed by atoms with Gasteiger partial charge in [-0.15, -0.1) is 0 Å². The summed E-state index contributed by atoms with van der Waals surface area (Å²) in [5, 5.41) is 17.0. The van der Waals surface area contributed by atoms with Crippen LogP contribution in [0.15, 0.2) is 35.0 Å². The average molecular weight is 447 g/mol. The third kappa shape index (κ3) is 5.61. The predicted octanol–water partition coefficient (Wildman–Crippen LogP) is 1.11. The van der Waals surface area contributed by atoms with Gasteiger partial charge in [-0.2, -0.15) is 5.10 Å². The Morgan fingerprint density at radius 1 is 1.32 bits per heavy atom. The fourth-order valence-corrected chi connectivity index (χ4v) is 3.71. The van der Waals surface area contributed by atoms with E-state index < -0.39 is 6.04 Å². The average Bonchev–Trinajstić information content (AvgIpc) is 3.47. The van der Waals surface area contributed by atoms with Crippen LogP contribution < -0.4 is 21.3 Å². The molecule has 9 nitrogen and oxygen atoms in total. The van der Waals surface area contributed by atoms with E-state index >= 15 is 0 Å². The highest BCUT2D eigenvalue weighted by Gasteiger charge is 2.27. The maximum absolute atomic E-state index is 12.6. The lowest BCUT2D eigenvalue weighted by atomic mass is 10.0. The van der Waals surface area contributed by atoms with Crippen LogP contribution in [0.25, 0.3) is 6.08 Å². The summed E-state index contributed by atoms with van der Waals surface area (Å²) in [7, 11) is 0. The van der Waals surface area contributed by atoms with Crippen molar-refractivity contribution < 1.29 is 14.3 Å². The molecule has 0 saturated heterocycles. The summed E-state index contributed by atoms with van der Waals surface area (Å²) >= 11 is 6.38. The number of aromatic nitrogens is 2. The summed E-state index contributed by atoms with van der Waals surface area (Å²) < 4.78 is 7.58. The number of dihydropyridines is 1. The summed E-state index contributed by atoms with van der Waals surface area (Å²) in [5.74, 6) is 1.01. The zero-order valence-corrected chi connectivity index (χ0v) is 18.2. The molecular formula is C21H27ClN6O3. The Hall–Kier alpha value is -2.94. The lowest BCUT2D eigenvalue weighted by Gasteiger charge is -2.20. The Bertz CT molecular complexity index is 947. The fourth-order valence-electron chi connectivity index (χ4n) is 3.43. The first-order valence-electron chi connectivity index (χ1n) is 10.5. The molecule has 1 aromatic rings. The molecule has 1 unspecified atom stereocenters. The topological polar surface area (TPSA) is 109 Å². The minimum atomic E-state index is -0.532. The molecule has 1 saturated carbocycles. The molecule has 0 radical (unpaired) electrons. The number of carbonyl (C=O) groups excluding carboxylic acids is 2. The Kier molecular flexibility index (Phi) is 6.50. The van der Waals surface area contributed by atoms with E-state index in [1.165, 1.54) is 19.8 Å². The van der Waals surface area contributed by atoms with Gasteiger partial charge >= 0.3 is 0 Å². The molecule has 3 heterocycles. The Morgan fingerprint density at radius 2 is 2.13 bits per heavy atom. The number of halogens is 1. The van der Waals surface area contributed by atoms with Crippen LogP contribution in [0.2, 0.25) is 0 Å². The predicted molar refractivity (Wildman–Crippen MR) is 116 cm³/mol. The molecule has 1 fully saturated rings. The van der Waals surface area contributed by atoms with Gasteiger partial charge in [0.15, 0.2) is 0 Å². The first-order chi connectivity index (χ1) is 15.0. The van der Waals surface area contributed by atoms with Crippen molar-refractivity contribution in [1.29, 1.82) is 0 Å². The minimum Gasteiger partial charge on any atom is -0.478 e. The van der Waals surface area contributed by atoms with Gasteiger partial charge in [0.1, 0.15) is 11.1 Å². The summed E-state index contributed by atoms with van der Waals surface area (Å²) in [4.78, 5) is 23.5. The Balaban J connectivity index is 1.37. The second-order valence-corrected chi connectivity index (χ2v) is 8.37. The molecule has 0 bridgehead atoms. The monoisotopic (exact) mass is 446 g/mol. The summed E-state index contributed by atoms with van der Waals surface area (Å²) in [6.45, 7) is 4.08. The fraction of sp³-hybridized carbons (Fsp3) is 0.476. The van der Waals surface area contributed by atoms with Gasteiger partial charge in [-0.3, -0.25) is 14.3 Å². The smallest absolute Gasteiger partial charge is 0.247 e. The lowest BCUT2D eigenvalue weighted by molar-refractivity contribution is -0.123. The lowest BCUT2D eigenvalue weighted by Crippen LogP contribution is -2.40. The van der Waals surface area contributed by atoms with Crippen molar-refractivity contribution in [2.45, 2.75) is 32.4 Å². The van der Waals surface area contributed by atoms with Crippen LogP contribution in [0.4, 0.5) is 0 Å². The third-order valence-electron chi connectivity index (χ3n) is 5.24. The van der Waals surface area contributed by atoms with Crippen molar-refractivity contribution in [1.82, 2.24) is 31.0 Å². The zero-order valence-electron chi connectivity index (χ0n) is 17.4. The number of nitrogens with zero attached hydrogens (tertiary/aromatic N) is 2. The highest BCUT2D eigenvalue weighted by atomic mass is 35.5. The van der Waals surface area contributed by atoms with E-state index in [0.717, 1.165) is 16.8 Å². The van der Waals surface area contributed by atoms with E-state index in [9.17, 15) is 9.59 Å². The van der Waals surface area contributed by atoms with Crippen LogP contribution in [0.1, 0.15) is 37.1 Å². The molecule has 1 aromatic heterocycles. The molecule has 0 spiro atoms. The molecule has 1 atom stereocenters. The second-order valence-electron chi connectivity index (χ2n) is 7.96. The molecular weight excluding hydrogens is 420 g/mol. The van der Waals surface area contributed by atoms with Crippen LogP contribution >= 0.6 is 11.6 Å². The highest BCUT2D eigenvalue weighted by Crippen LogP contribution is 2.30. The highest BCUT2D eigenvalue weighted by molar-refractivity contribution is 6.31. The van der Waals surface area contributed by atoms with Crippen molar-refractivity contribution in [2.75, 3.05) is 26.2 Å². The van der Waals surface area contributed by atoms with Crippen LogP contribution in [-0.4, -0.2) is 47.8 Å². The largest absolute Gasteiger partial charge is 0.478 e. The van der Waals surface area contributed by atoms with E-state index in [0.29, 0.717) is 49.6 Å². The van der Waals surface area contributed by atoms with E-state index in [2.05, 4.69) is 26.4 Å². The van der Waals surface area contributed by atoms with Gasteiger partial charge in [-0.05, 0) is 42.7 Å². The van der Waals surface area contributed by atoms with Crippen molar-refractivity contribution in [3.05, 3.63) is 46.2 Å². The molecule has 1 aliphatic carbocycles. The number of hydrogen-bond acceptors (Lipinski definition) is 6. The van der Waals surface area contributed by atoms with E-state index in [1.54, 1.807) is 6.20 Å². The summed E-state index contributed by atoms with van der Waals surface area (Å²) in [6, 6.07) is -0.532. The van der Waals surface area contributed by atoms with E-state index in [1.807, 2.05) is 23.0 Å². The number of hydrogen-bond donors (Lipinski definition) is 4. The SMILES string of the molecule is CC(=O)NCCNC(=O)C1NC=Cc2nn(CC3=CC(Cl)=C(OCC4CC4)NC3)cc21. The standard InChI is InChI=1S/C21H27ClN6O3/c1-13(29)23-6-7-25-20(30)19-16-11-28(27-18(16)4-5-24-19)10-15-8-17(22)21(26-9-15)31-12-14-2-3-14/h4-5,8,11,14,19,24,26H,2-3,6-7,9-10,12H2,1H3,(H,23,29)(H,25,30). The summed E-state index contributed by atoms with van der Waals surface area (Å²) in [6.07, 6.45) is 9.82. The number of ether oxygens (including phenoxy) is 1. The van der Waals surface area contributed by atoms with Gasteiger partial charge in [-0.1, -0.05) is 11.6 Å². The molecule has 2 aliphatic heterocycles. The number of allylic oxidation sites excluding steroid dienone is 2. The van der Waals surface area contributed by atoms with E-state index in [-0.39, 0.29) is 11.8 Å². The van der Waals surface area contributed by atoms with Gasteiger partial charge in [0.2, 0.25) is 17.7 Å². The zero-order chi connectivity index (χ0) is 21.8. The van der Waals surface area contributed by atoms with Gasteiger partial charge in [0.05, 0.1) is 18.8 Å². The van der Waals surface area contributed by atoms with Crippen LogP contribution in [0.5, 0.6) is 0 Å². The molecule has 31 heavy (non-hydrogen) atoms. The number of carbonyl (C=O) groups is 2. The first-order valence-corrected chi connectivity index (χ1v) is 10.9. The Labute approximate surface area is 185 Å². The van der Waals surface area contributed by atoms with Gasteiger partial charge in [0, 0.05) is 38.3 Å². The maximum Gasteiger partial charge on any atom is 0.247 e. The van der Waals surface area contributed by atoms with Crippen molar-refractivity contribution in [3.63, 3.8) is 0 Å². The molecule has 4 rings (SSSR count). The van der Waals surface area contributed by atoms with Gasteiger partial charge in [0.25, 0.3) is 0 Å². The van der Waals surface area contributed by atoms with Crippen molar-refractivity contribution >= 4 is 29.5 Å². The van der Waals surface area contributed by atoms with Crippen molar-refractivity contribution in [3.8, 4) is 0 Å². The molecule has 0 aromatic carbocycles. The first kappa shape index (κ1) is 21.3. The van der Waals surface area contributed by atoms with E-state index in [4.69, 9.17) is 16.3 Å². The number of nitrogens with one attached hydrogen (secondary N) is 4. The van der Waals surface area contributed by atoms with Gasteiger partial charge < -0.3 is 26.0 Å². The van der Waals surface area contributed by atoms with Crippen LogP contribution in [0.3, 0.4) is 0 Å². The summed E-state index contributed by atoms with van der Waals surface area (Å²) in [5.41, 5.74) is 2.62. The van der Waals surface area contributed by atoms with Crippen LogP contribution in [0, 0.1) is 5.92 Å². The normalized spacial score (nSPS) is 19.7. The minimum absolute atomic E-state index is 0.125. The Morgan fingerprint density at radius 3 is 2.87 bits per heavy atom. The number of fused-ring (bicyclic) bond motifs is 1. The quantitative estimate of drug-likeness (QED) is 0.423. The molecule has 3 aliphatic rings. The molecule has 2 amide bonds. The van der Waals surface area contributed by atoms with Gasteiger partial charge in [-0.25, -0.2) is 0 Å². The molecule has 166 valence electrons. The second kappa shape index (κ2) is 9.47. The molecule has 4 N–H and O–H groups in total. The van der Waals surface area contributed by atoms with Crippen molar-refractivity contribution in [2.24, 2.45) is 5.92 Å². The third-order valence-corrected chi connectivity index (χ3v) is 5.53. The number of amides is 2. The van der Waals surface area contributed by atoms with Crippen LogP contribution in [-0.2, 0) is 20.9 Å². The maximum atomic E-state index is 12.6. The molecule has 10 heteroatoms.